The zero-order chi connectivity index (χ0) is 20.5. The van der Waals surface area contributed by atoms with Gasteiger partial charge >= 0.3 is 0 Å². The molecule has 0 fully saturated rings. The summed E-state index contributed by atoms with van der Waals surface area (Å²) in [6.45, 7) is 1.03. The highest BCUT2D eigenvalue weighted by Crippen LogP contribution is 2.37. The Kier molecular flexibility index (Phi) is 4.65. The first-order chi connectivity index (χ1) is 14.7. The predicted octanol–water partition coefficient (Wildman–Crippen LogP) is 4.55. The van der Waals surface area contributed by atoms with Gasteiger partial charge in [0.25, 0.3) is 5.91 Å². The van der Waals surface area contributed by atoms with Crippen LogP contribution in [0.5, 0.6) is 11.5 Å². The number of aromatic nitrogens is 1. The molecule has 2 heterocycles. The molecule has 3 aromatic carbocycles. The number of rotatable bonds is 4. The minimum atomic E-state index is -0.287. The Labute approximate surface area is 176 Å². The number of anilines is 1. The van der Waals surface area contributed by atoms with E-state index in [-0.39, 0.29) is 11.7 Å². The number of nitrogens with zero attached hydrogens (tertiary/aromatic N) is 1. The van der Waals surface area contributed by atoms with E-state index in [2.05, 4.69) is 10.3 Å². The van der Waals surface area contributed by atoms with Crippen LogP contribution in [0.25, 0.3) is 10.2 Å². The summed E-state index contributed by atoms with van der Waals surface area (Å²) < 4.78 is 12.1. The molecule has 1 amide bonds. The van der Waals surface area contributed by atoms with Gasteiger partial charge in [-0.2, -0.15) is 0 Å². The molecule has 1 aromatic heterocycles. The summed E-state index contributed by atoms with van der Waals surface area (Å²) in [4.78, 5) is 29.6. The van der Waals surface area contributed by atoms with E-state index in [0.29, 0.717) is 46.5 Å². The van der Waals surface area contributed by atoms with E-state index in [9.17, 15) is 9.59 Å². The Morgan fingerprint density at radius 1 is 0.833 bits per heavy atom. The molecule has 148 valence electrons. The monoisotopic (exact) mass is 416 g/mol. The molecule has 7 heteroatoms. The van der Waals surface area contributed by atoms with E-state index in [1.54, 1.807) is 36.4 Å². The average molecular weight is 416 g/mol. The van der Waals surface area contributed by atoms with Crippen molar-refractivity contribution in [1.29, 1.82) is 0 Å². The average Bonchev–Trinajstić information content (AvgIpc) is 3.18. The lowest BCUT2D eigenvalue weighted by Gasteiger charge is -2.17. The standard InChI is InChI=1S/C23H16N2O4S/c26-21(14-4-2-1-3-5-14)15-6-8-16(9-7-15)22(27)25-23-24-17-12-18-19(13-20(17)30-23)29-11-10-28-18/h1-9,12-13H,10-11H2,(H,24,25,27). The second kappa shape index (κ2) is 7.61. The third kappa shape index (κ3) is 3.51. The largest absolute Gasteiger partial charge is 0.486 e. The normalized spacial score (nSPS) is 12.5. The van der Waals surface area contributed by atoms with Gasteiger partial charge in [-0.25, -0.2) is 4.98 Å². The molecule has 1 aliphatic heterocycles. The van der Waals surface area contributed by atoms with Gasteiger partial charge in [0.05, 0.1) is 10.2 Å². The van der Waals surface area contributed by atoms with Crippen LogP contribution in [0.3, 0.4) is 0 Å². The Morgan fingerprint density at radius 2 is 1.47 bits per heavy atom. The van der Waals surface area contributed by atoms with Crippen molar-refractivity contribution < 1.29 is 19.1 Å². The lowest BCUT2D eigenvalue weighted by atomic mass is 10.0. The SMILES string of the molecule is O=C(Nc1nc2cc3c(cc2s1)OCCO3)c1ccc(C(=O)c2ccccc2)cc1. The molecular formula is C23H16N2O4S. The maximum Gasteiger partial charge on any atom is 0.257 e. The molecule has 1 aliphatic rings. The fourth-order valence-corrected chi connectivity index (χ4v) is 4.09. The Hall–Kier alpha value is -3.71. The van der Waals surface area contributed by atoms with Crippen LogP contribution in [0.4, 0.5) is 5.13 Å². The van der Waals surface area contributed by atoms with Crippen LogP contribution in [0.2, 0.25) is 0 Å². The van der Waals surface area contributed by atoms with E-state index in [1.165, 1.54) is 11.3 Å². The fourth-order valence-electron chi connectivity index (χ4n) is 3.22. The third-order valence-electron chi connectivity index (χ3n) is 4.72. The molecule has 0 aliphatic carbocycles. The molecule has 5 rings (SSSR count). The topological polar surface area (TPSA) is 77.5 Å². The number of hydrogen-bond acceptors (Lipinski definition) is 6. The van der Waals surface area contributed by atoms with Gasteiger partial charge in [0.15, 0.2) is 22.4 Å². The second-order valence-electron chi connectivity index (χ2n) is 6.71. The summed E-state index contributed by atoms with van der Waals surface area (Å²) in [5, 5.41) is 3.31. The predicted molar refractivity (Wildman–Crippen MR) is 115 cm³/mol. The van der Waals surface area contributed by atoms with E-state index < -0.39 is 0 Å². The molecule has 1 N–H and O–H groups in total. The molecule has 0 radical (unpaired) electrons. The molecule has 0 spiro atoms. The number of carbonyl (C=O) groups is 2. The van der Waals surface area contributed by atoms with Crippen molar-refractivity contribution in [3.8, 4) is 11.5 Å². The quantitative estimate of drug-likeness (QED) is 0.494. The highest BCUT2D eigenvalue weighted by atomic mass is 32.1. The van der Waals surface area contributed by atoms with Crippen molar-refractivity contribution >= 4 is 38.4 Å². The van der Waals surface area contributed by atoms with Crippen molar-refractivity contribution in [1.82, 2.24) is 4.98 Å². The number of hydrogen-bond donors (Lipinski definition) is 1. The van der Waals surface area contributed by atoms with Gasteiger partial charge in [0.2, 0.25) is 0 Å². The maximum atomic E-state index is 12.6. The van der Waals surface area contributed by atoms with Gasteiger partial charge in [-0.3, -0.25) is 14.9 Å². The van der Waals surface area contributed by atoms with E-state index in [4.69, 9.17) is 9.47 Å². The van der Waals surface area contributed by atoms with Crippen LogP contribution in [0, 0.1) is 0 Å². The van der Waals surface area contributed by atoms with Crippen LogP contribution in [0.15, 0.2) is 66.7 Å². The van der Waals surface area contributed by atoms with Crippen molar-refractivity contribution in [2.75, 3.05) is 18.5 Å². The summed E-state index contributed by atoms with van der Waals surface area (Å²) >= 11 is 1.37. The van der Waals surface area contributed by atoms with Gasteiger partial charge in [0.1, 0.15) is 13.2 Å². The van der Waals surface area contributed by atoms with Crippen molar-refractivity contribution in [2.45, 2.75) is 0 Å². The van der Waals surface area contributed by atoms with Gasteiger partial charge in [0, 0.05) is 28.8 Å². The highest BCUT2D eigenvalue weighted by Gasteiger charge is 2.17. The van der Waals surface area contributed by atoms with E-state index in [1.807, 2.05) is 30.3 Å². The minimum Gasteiger partial charge on any atom is -0.486 e. The third-order valence-corrected chi connectivity index (χ3v) is 5.65. The summed E-state index contributed by atoms with van der Waals surface area (Å²) in [6.07, 6.45) is 0. The number of benzene rings is 3. The summed E-state index contributed by atoms with van der Waals surface area (Å²) in [5.41, 5.74) is 2.33. The second-order valence-corrected chi connectivity index (χ2v) is 7.74. The van der Waals surface area contributed by atoms with Crippen molar-refractivity contribution in [3.63, 3.8) is 0 Å². The Balaban J connectivity index is 1.33. The zero-order valence-electron chi connectivity index (χ0n) is 15.8. The Bertz CT molecular complexity index is 1210. The molecule has 0 saturated carbocycles. The van der Waals surface area contributed by atoms with E-state index >= 15 is 0 Å². The van der Waals surface area contributed by atoms with Crippen LogP contribution >= 0.6 is 11.3 Å². The summed E-state index contributed by atoms with van der Waals surface area (Å²) in [6, 6.07) is 19.3. The first-order valence-electron chi connectivity index (χ1n) is 9.39. The van der Waals surface area contributed by atoms with Gasteiger partial charge in [-0.15, -0.1) is 0 Å². The molecule has 30 heavy (non-hydrogen) atoms. The minimum absolute atomic E-state index is 0.0814. The number of nitrogens with one attached hydrogen (secondary N) is 1. The number of carbonyl (C=O) groups excluding carboxylic acids is 2. The van der Waals surface area contributed by atoms with E-state index in [0.717, 1.165) is 10.2 Å². The van der Waals surface area contributed by atoms with Gasteiger partial charge < -0.3 is 9.47 Å². The summed E-state index contributed by atoms with van der Waals surface area (Å²) in [7, 11) is 0. The number of fused-ring (bicyclic) bond motifs is 2. The van der Waals surface area contributed by atoms with Crippen LogP contribution in [-0.2, 0) is 0 Å². The zero-order valence-corrected chi connectivity index (χ0v) is 16.6. The molecule has 4 aromatic rings. The molecule has 0 bridgehead atoms. The molecule has 0 saturated heterocycles. The highest BCUT2D eigenvalue weighted by molar-refractivity contribution is 7.22. The summed E-state index contributed by atoms with van der Waals surface area (Å²) in [5.74, 6) is 0.983. The lowest BCUT2D eigenvalue weighted by molar-refractivity contribution is 0.102. The number of amides is 1. The van der Waals surface area contributed by atoms with Crippen LogP contribution < -0.4 is 14.8 Å². The first-order valence-corrected chi connectivity index (χ1v) is 10.2. The molecule has 0 atom stereocenters. The Morgan fingerprint density at radius 3 is 2.20 bits per heavy atom. The number of ketones is 1. The van der Waals surface area contributed by atoms with Crippen LogP contribution in [-0.4, -0.2) is 29.9 Å². The maximum absolute atomic E-state index is 12.6. The lowest BCUT2D eigenvalue weighted by Crippen LogP contribution is -2.15. The molecule has 6 nitrogen and oxygen atoms in total. The van der Waals surface area contributed by atoms with Crippen molar-refractivity contribution in [3.05, 3.63) is 83.4 Å². The first kappa shape index (κ1) is 18.3. The number of thiazole rings is 1. The van der Waals surface area contributed by atoms with Gasteiger partial charge in [-0.1, -0.05) is 53.8 Å². The fraction of sp³-hybridized carbons (Fsp3) is 0.0870. The van der Waals surface area contributed by atoms with Crippen molar-refractivity contribution in [2.24, 2.45) is 0 Å². The van der Waals surface area contributed by atoms with Crippen LogP contribution in [0.1, 0.15) is 26.3 Å². The smallest absolute Gasteiger partial charge is 0.257 e. The number of ether oxygens (including phenoxy) is 2. The molecule has 0 unspecified atom stereocenters. The van der Waals surface area contributed by atoms with Gasteiger partial charge in [-0.05, 0) is 12.1 Å². The molecular weight excluding hydrogens is 400 g/mol.